The molecule has 1 rings (SSSR count). The second-order valence-corrected chi connectivity index (χ2v) is 5.45. The van der Waals surface area contributed by atoms with Crippen LogP contribution >= 0.6 is 11.8 Å². The molecule has 1 aromatic carbocycles. The van der Waals surface area contributed by atoms with Crippen LogP contribution in [-0.4, -0.2) is 29.9 Å². The first-order chi connectivity index (χ1) is 10.6. The first kappa shape index (κ1) is 17.8. The van der Waals surface area contributed by atoms with Crippen molar-refractivity contribution in [3.8, 4) is 6.07 Å². The fraction of sp³-hybridized carbons (Fsp3) is 0.429. The zero-order valence-corrected chi connectivity index (χ0v) is 13.0. The van der Waals surface area contributed by atoms with E-state index >= 15 is 0 Å². The summed E-state index contributed by atoms with van der Waals surface area (Å²) in [6, 6.07) is 6.15. The number of nitrogens with zero attached hydrogens (tertiary/aromatic N) is 2. The maximum Gasteiger partial charge on any atom is 0.407 e. The van der Waals surface area contributed by atoms with Gasteiger partial charge in [0.25, 0.3) is 5.69 Å². The zero-order valence-electron chi connectivity index (χ0n) is 12.2. The lowest BCUT2D eigenvalue weighted by Gasteiger charge is -2.06. The molecule has 1 N–H and O–H groups in total. The number of hydrogen-bond acceptors (Lipinski definition) is 6. The fourth-order valence-electron chi connectivity index (χ4n) is 1.56. The Labute approximate surface area is 132 Å². The largest absolute Gasteiger partial charge is 0.449 e. The van der Waals surface area contributed by atoms with Crippen LogP contribution in [0, 0.1) is 21.4 Å². The van der Waals surface area contributed by atoms with Gasteiger partial charge >= 0.3 is 6.09 Å². The van der Waals surface area contributed by atoms with Crippen LogP contribution in [-0.2, 0) is 4.74 Å². The summed E-state index contributed by atoms with van der Waals surface area (Å²) in [4.78, 5) is 22.2. The number of alkyl carbamates (subject to hydrolysis) is 1. The maximum absolute atomic E-state index is 11.3. The third-order valence-corrected chi connectivity index (χ3v) is 3.69. The minimum Gasteiger partial charge on any atom is -0.449 e. The van der Waals surface area contributed by atoms with Gasteiger partial charge < -0.3 is 10.1 Å². The molecule has 22 heavy (non-hydrogen) atoms. The highest BCUT2D eigenvalue weighted by atomic mass is 32.2. The molecule has 1 aromatic rings. The molecule has 0 radical (unpaired) electrons. The van der Waals surface area contributed by atoms with Crippen molar-refractivity contribution in [3.05, 3.63) is 33.9 Å². The van der Waals surface area contributed by atoms with Crippen LogP contribution in [0.4, 0.5) is 10.5 Å². The number of ether oxygens (including phenoxy) is 1. The predicted octanol–water partition coefficient (Wildman–Crippen LogP) is 3.08. The third kappa shape index (κ3) is 6.01. The zero-order chi connectivity index (χ0) is 16.4. The van der Waals surface area contributed by atoms with Gasteiger partial charge in [-0.2, -0.15) is 5.26 Å². The first-order valence-electron chi connectivity index (χ1n) is 6.80. The van der Waals surface area contributed by atoms with E-state index in [1.807, 2.05) is 13.0 Å². The summed E-state index contributed by atoms with van der Waals surface area (Å²) in [7, 11) is 0. The third-order valence-electron chi connectivity index (χ3n) is 2.66. The molecular weight excluding hydrogens is 306 g/mol. The number of rotatable bonds is 8. The highest BCUT2D eigenvalue weighted by molar-refractivity contribution is 7.99. The Hall–Kier alpha value is -2.27. The first-order valence-corrected chi connectivity index (χ1v) is 7.79. The van der Waals surface area contributed by atoms with Crippen molar-refractivity contribution in [2.24, 2.45) is 0 Å². The van der Waals surface area contributed by atoms with Gasteiger partial charge in [0.05, 0.1) is 21.5 Å². The van der Waals surface area contributed by atoms with Gasteiger partial charge in [-0.05, 0) is 18.6 Å². The molecule has 7 nitrogen and oxygen atoms in total. The Balaban J connectivity index is 2.44. The number of amides is 1. The number of carbonyl (C=O) groups excluding carboxylic acids is 1. The predicted molar refractivity (Wildman–Crippen MR) is 82.8 cm³/mol. The van der Waals surface area contributed by atoms with Gasteiger partial charge in [0.1, 0.15) is 6.61 Å². The number of nitro benzene ring substituents is 1. The molecule has 0 heterocycles. The highest BCUT2D eigenvalue weighted by Gasteiger charge is 2.15. The van der Waals surface area contributed by atoms with E-state index in [1.165, 1.54) is 30.0 Å². The normalized spacial score (nSPS) is 9.82. The second-order valence-electron chi connectivity index (χ2n) is 4.32. The molecule has 0 aliphatic carbocycles. The summed E-state index contributed by atoms with van der Waals surface area (Å²) in [6.07, 6.45) is 1.39. The van der Waals surface area contributed by atoms with Crippen LogP contribution in [0.2, 0.25) is 0 Å². The number of nitriles is 1. The monoisotopic (exact) mass is 323 g/mol. The summed E-state index contributed by atoms with van der Waals surface area (Å²) in [5, 5.41) is 22.3. The van der Waals surface area contributed by atoms with Crippen LogP contribution in [0.25, 0.3) is 0 Å². The highest BCUT2D eigenvalue weighted by Crippen LogP contribution is 2.29. The molecule has 0 spiro atoms. The van der Waals surface area contributed by atoms with Crippen molar-refractivity contribution in [3.63, 3.8) is 0 Å². The van der Waals surface area contributed by atoms with Gasteiger partial charge in [-0.3, -0.25) is 10.1 Å². The number of nitro groups is 1. The van der Waals surface area contributed by atoms with Crippen molar-refractivity contribution in [1.29, 1.82) is 5.26 Å². The van der Waals surface area contributed by atoms with Gasteiger partial charge in [-0.15, -0.1) is 11.8 Å². The number of thioether (sulfide) groups is 1. The van der Waals surface area contributed by atoms with Crippen molar-refractivity contribution in [1.82, 2.24) is 5.32 Å². The molecule has 0 aliphatic heterocycles. The summed E-state index contributed by atoms with van der Waals surface area (Å²) >= 11 is 1.21. The molecule has 0 aliphatic rings. The van der Waals surface area contributed by atoms with Gasteiger partial charge in [0.2, 0.25) is 0 Å². The smallest absolute Gasteiger partial charge is 0.407 e. The SMILES string of the molecule is CCCCNC(=O)OCCSc1ccc(C#N)cc1[N+](=O)[O-]. The Bertz CT molecular complexity index is 572. The van der Waals surface area contributed by atoms with E-state index in [4.69, 9.17) is 10.00 Å². The standard InChI is InChI=1S/C14H17N3O4S/c1-2-3-6-16-14(18)21-7-8-22-13-5-4-11(10-15)9-12(13)17(19)20/h4-5,9H,2-3,6-8H2,1H3,(H,16,18). The van der Waals surface area contributed by atoms with E-state index in [1.54, 1.807) is 0 Å². The summed E-state index contributed by atoms with van der Waals surface area (Å²) in [6.45, 7) is 2.75. The minimum atomic E-state index is -0.526. The van der Waals surface area contributed by atoms with Gasteiger partial charge in [0.15, 0.2) is 0 Å². The molecule has 8 heteroatoms. The molecule has 0 aromatic heterocycles. The molecule has 0 fully saturated rings. The van der Waals surface area contributed by atoms with Crippen molar-refractivity contribution in [2.75, 3.05) is 18.9 Å². The van der Waals surface area contributed by atoms with E-state index < -0.39 is 11.0 Å². The van der Waals surface area contributed by atoms with E-state index in [0.29, 0.717) is 17.2 Å². The number of nitrogens with one attached hydrogen (secondary N) is 1. The molecule has 0 saturated carbocycles. The lowest BCUT2D eigenvalue weighted by atomic mass is 10.2. The topological polar surface area (TPSA) is 105 Å². The molecule has 0 atom stereocenters. The average Bonchev–Trinajstić information content (AvgIpc) is 2.51. The van der Waals surface area contributed by atoms with Crippen molar-refractivity contribution < 1.29 is 14.5 Å². The lowest BCUT2D eigenvalue weighted by molar-refractivity contribution is -0.387. The van der Waals surface area contributed by atoms with E-state index in [0.717, 1.165) is 12.8 Å². The molecule has 0 bridgehead atoms. The maximum atomic E-state index is 11.3. The van der Waals surface area contributed by atoms with E-state index in [-0.39, 0.29) is 17.9 Å². The van der Waals surface area contributed by atoms with Gasteiger partial charge in [0, 0.05) is 18.4 Å². The number of carbonyl (C=O) groups is 1. The molecule has 0 saturated heterocycles. The van der Waals surface area contributed by atoms with Crippen molar-refractivity contribution in [2.45, 2.75) is 24.7 Å². The minimum absolute atomic E-state index is 0.114. The fourth-order valence-corrected chi connectivity index (χ4v) is 2.39. The Morgan fingerprint density at radius 3 is 2.95 bits per heavy atom. The van der Waals surface area contributed by atoms with Crippen LogP contribution in [0.3, 0.4) is 0 Å². The number of hydrogen-bond donors (Lipinski definition) is 1. The second kappa shape index (κ2) is 9.63. The van der Waals surface area contributed by atoms with Gasteiger partial charge in [-0.1, -0.05) is 13.3 Å². The van der Waals surface area contributed by atoms with Gasteiger partial charge in [-0.25, -0.2) is 4.79 Å². The average molecular weight is 323 g/mol. The molecule has 118 valence electrons. The van der Waals surface area contributed by atoms with E-state index in [2.05, 4.69) is 5.32 Å². The number of benzene rings is 1. The number of unbranched alkanes of at least 4 members (excludes halogenated alkanes) is 1. The quantitative estimate of drug-likeness (QED) is 0.341. The Morgan fingerprint density at radius 2 is 2.32 bits per heavy atom. The van der Waals surface area contributed by atoms with Crippen molar-refractivity contribution >= 4 is 23.5 Å². The van der Waals surface area contributed by atoms with Crippen LogP contribution < -0.4 is 5.32 Å². The Kier molecular flexibility index (Phi) is 7.78. The lowest BCUT2D eigenvalue weighted by Crippen LogP contribution is -2.25. The molecular formula is C14H17N3O4S. The summed E-state index contributed by atoms with van der Waals surface area (Å²) in [5.41, 5.74) is 0.124. The summed E-state index contributed by atoms with van der Waals surface area (Å²) < 4.78 is 4.96. The molecule has 0 unspecified atom stereocenters. The van der Waals surface area contributed by atoms with Crippen LogP contribution in [0.15, 0.2) is 23.1 Å². The Morgan fingerprint density at radius 1 is 1.55 bits per heavy atom. The van der Waals surface area contributed by atoms with Crippen LogP contribution in [0.1, 0.15) is 25.3 Å². The van der Waals surface area contributed by atoms with E-state index in [9.17, 15) is 14.9 Å². The van der Waals surface area contributed by atoms with Crippen LogP contribution in [0.5, 0.6) is 0 Å². The molecule has 1 amide bonds. The summed E-state index contributed by atoms with van der Waals surface area (Å²) in [5.74, 6) is 0.397.